The molecule has 1 amide bonds. The zero-order valence-corrected chi connectivity index (χ0v) is 9.52. The number of nitrogens with zero attached hydrogens (tertiary/aromatic N) is 2. The maximum absolute atomic E-state index is 11.7. The van der Waals surface area contributed by atoms with Crippen LogP contribution in [0.3, 0.4) is 0 Å². The number of amides is 1. The molecule has 0 N–H and O–H groups in total. The van der Waals surface area contributed by atoms with Gasteiger partial charge in [-0.2, -0.15) is 0 Å². The molecule has 16 heavy (non-hydrogen) atoms. The van der Waals surface area contributed by atoms with Crippen LogP contribution >= 0.6 is 0 Å². The summed E-state index contributed by atoms with van der Waals surface area (Å²) in [5, 5.41) is 0. The molecule has 1 aliphatic heterocycles. The van der Waals surface area contributed by atoms with E-state index >= 15 is 0 Å². The third-order valence-electron chi connectivity index (χ3n) is 3.04. The molecule has 0 radical (unpaired) electrons. The molecule has 84 valence electrons. The van der Waals surface area contributed by atoms with Crippen LogP contribution in [0.25, 0.3) is 0 Å². The fraction of sp³-hybridized carbons (Fsp3) is 0.385. The van der Waals surface area contributed by atoms with E-state index in [2.05, 4.69) is 11.6 Å². The van der Waals surface area contributed by atoms with Crippen LogP contribution in [-0.2, 0) is 11.3 Å². The van der Waals surface area contributed by atoms with Gasteiger partial charge in [-0.15, -0.1) is 6.58 Å². The largest absolute Gasteiger partial charge is 0.336 e. The average molecular weight is 216 g/mol. The monoisotopic (exact) mass is 216 g/mol. The van der Waals surface area contributed by atoms with Gasteiger partial charge in [-0.1, -0.05) is 12.1 Å². The van der Waals surface area contributed by atoms with Gasteiger partial charge in [0.2, 0.25) is 5.91 Å². The van der Waals surface area contributed by atoms with Crippen molar-refractivity contribution in [3.8, 4) is 0 Å². The van der Waals surface area contributed by atoms with Gasteiger partial charge in [0.15, 0.2) is 0 Å². The Morgan fingerprint density at radius 3 is 3.12 bits per heavy atom. The lowest BCUT2D eigenvalue weighted by molar-refractivity contribution is -0.128. The molecule has 2 heterocycles. The lowest BCUT2D eigenvalue weighted by atomic mass is 10.1. The summed E-state index contributed by atoms with van der Waals surface area (Å²) in [7, 11) is 0. The van der Waals surface area contributed by atoms with Crippen molar-refractivity contribution in [2.24, 2.45) is 5.92 Å². The van der Waals surface area contributed by atoms with Crippen molar-refractivity contribution in [1.82, 2.24) is 9.88 Å². The van der Waals surface area contributed by atoms with Crippen molar-refractivity contribution in [3.05, 3.63) is 42.2 Å². The highest BCUT2D eigenvalue weighted by Gasteiger charge is 2.27. The Bertz CT molecular complexity index is 414. The topological polar surface area (TPSA) is 33.2 Å². The number of carbonyl (C=O) groups is 1. The van der Waals surface area contributed by atoms with Crippen LogP contribution in [0.2, 0.25) is 0 Å². The van der Waals surface area contributed by atoms with Gasteiger partial charge in [-0.25, -0.2) is 0 Å². The van der Waals surface area contributed by atoms with Crippen molar-refractivity contribution in [2.75, 3.05) is 6.54 Å². The van der Waals surface area contributed by atoms with Gasteiger partial charge in [0.05, 0.1) is 12.2 Å². The lowest BCUT2D eigenvalue weighted by Gasteiger charge is -2.16. The number of carbonyl (C=O) groups excluding carboxylic acids is 1. The first-order valence-corrected chi connectivity index (χ1v) is 5.51. The minimum absolute atomic E-state index is 0.204. The van der Waals surface area contributed by atoms with Crippen molar-refractivity contribution in [3.63, 3.8) is 0 Å². The second kappa shape index (κ2) is 4.47. The van der Waals surface area contributed by atoms with Crippen molar-refractivity contribution in [1.29, 1.82) is 0 Å². The van der Waals surface area contributed by atoms with E-state index in [0.717, 1.165) is 17.8 Å². The number of aryl methyl sites for hydroxylation is 1. The summed E-state index contributed by atoms with van der Waals surface area (Å²) >= 11 is 0. The van der Waals surface area contributed by atoms with Crippen molar-refractivity contribution >= 4 is 5.91 Å². The Hall–Kier alpha value is -1.64. The predicted molar refractivity (Wildman–Crippen MR) is 62.7 cm³/mol. The molecule has 1 saturated heterocycles. The fourth-order valence-corrected chi connectivity index (χ4v) is 1.98. The maximum Gasteiger partial charge on any atom is 0.223 e. The van der Waals surface area contributed by atoms with Crippen molar-refractivity contribution in [2.45, 2.75) is 19.9 Å². The zero-order chi connectivity index (χ0) is 11.5. The first-order chi connectivity index (χ1) is 7.70. The Balaban J connectivity index is 2.08. The third-order valence-corrected chi connectivity index (χ3v) is 3.04. The molecule has 1 aromatic rings. The lowest BCUT2D eigenvalue weighted by Crippen LogP contribution is -2.25. The van der Waals surface area contributed by atoms with Crippen LogP contribution < -0.4 is 0 Å². The Morgan fingerprint density at radius 2 is 2.50 bits per heavy atom. The number of likely N-dealkylation sites (tertiary alicyclic amines) is 1. The summed E-state index contributed by atoms with van der Waals surface area (Å²) in [5.41, 5.74) is 2.12. The quantitative estimate of drug-likeness (QED) is 0.723. The zero-order valence-electron chi connectivity index (χ0n) is 9.52. The Kier molecular flexibility index (Phi) is 3.04. The summed E-state index contributed by atoms with van der Waals surface area (Å²) in [6, 6.07) is 3.94. The first-order valence-electron chi connectivity index (χ1n) is 5.51. The number of aromatic nitrogens is 1. The van der Waals surface area contributed by atoms with Gasteiger partial charge in [0, 0.05) is 25.1 Å². The number of hydrogen-bond acceptors (Lipinski definition) is 2. The molecule has 1 aliphatic rings. The minimum Gasteiger partial charge on any atom is -0.336 e. The van der Waals surface area contributed by atoms with E-state index < -0.39 is 0 Å². The van der Waals surface area contributed by atoms with E-state index in [1.54, 1.807) is 6.20 Å². The standard InChI is InChI=1S/C13H16N2O/c1-3-11-7-13(16)15(8-11)9-12-10(2)5-4-6-14-12/h3-6,11H,1,7-9H2,2H3. The van der Waals surface area contributed by atoms with Gasteiger partial charge >= 0.3 is 0 Å². The predicted octanol–water partition coefficient (Wildman–Crippen LogP) is 1.92. The second-order valence-electron chi connectivity index (χ2n) is 4.24. The summed E-state index contributed by atoms with van der Waals surface area (Å²) in [6.07, 6.45) is 4.23. The average Bonchev–Trinajstić information content (AvgIpc) is 2.63. The highest BCUT2D eigenvalue weighted by atomic mass is 16.2. The van der Waals surface area contributed by atoms with E-state index in [9.17, 15) is 4.79 Å². The molecule has 1 fully saturated rings. The molecule has 0 aliphatic carbocycles. The smallest absolute Gasteiger partial charge is 0.223 e. The molecular weight excluding hydrogens is 200 g/mol. The highest BCUT2D eigenvalue weighted by Crippen LogP contribution is 2.20. The Labute approximate surface area is 95.8 Å². The minimum atomic E-state index is 0.204. The molecule has 3 heteroatoms. The van der Waals surface area contributed by atoms with Crippen LogP contribution in [0, 0.1) is 12.8 Å². The van der Waals surface area contributed by atoms with Gasteiger partial charge < -0.3 is 4.90 Å². The summed E-state index contributed by atoms with van der Waals surface area (Å²) in [5.74, 6) is 0.506. The molecule has 1 atom stereocenters. The number of rotatable bonds is 3. The fourth-order valence-electron chi connectivity index (χ4n) is 1.98. The molecule has 1 aromatic heterocycles. The highest BCUT2D eigenvalue weighted by molar-refractivity contribution is 5.78. The second-order valence-corrected chi connectivity index (χ2v) is 4.24. The SMILES string of the molecule is C=CC1CC(=O)N(Cc2ncccc2C)C1. The molecule has 3 nitrogen and oxygen atoms in total. The summed E-state index contributed by atoms with van der Waals surface area (Å²) < 4.78 is 0. The van der Waals surface area contributed by atoms with E-state index in [1.165, 1.54) is 0 Å². The summed E-state index contributed by atoms with van der Waals surface area (Å²) in [6.45, 7) is 7.16. The molecule has 0 aromatic carbocycles. The molecule has 0 saturated carbocycles. The third kappa shape index (κ3) is 2.13. The van der Waals surface area contributed by atoms with Gasteiger partial charge in [0.1, 0.15) is 0 Å². The van der Waals surface area contributed by atoms with E-state index in [1.807, 2.05) is 30.0 Å². The number of hydrogen-bond donors (Lipinski definition) is 0. The van der Waals surface area contributed by atoms with Crippen LogP contribution in [0.1, 0.15) is 17.7 Å². The molecule has 1 unspecified atom stereocenters. The molecular formula is C13H16N2O. The molecule has 0 spiro atoms. The van der Waals surface area contributed by atoms with E-state index in [0.29, 0.717) is 18.9 Å². The Morgan fingerprint density at radius 1 is 1.69 bits per heavy atom. The van der Waals surface area contributed by atoms with Crippen LogP contribution in [-0.4, -0.2) is 22.3 Å². The van der Waals surface area contributed by atoms with Gasteiger partial charge in [-0.05, 0) is 18.6 Å². The van der Waals surface area contributed by atoms with Crippen LogP contribution in [0.15, 0.2) is 31.0 Å². The normalized spacial score (nSPS) is 20.2. The molecule has 0 bridgehead atoms. The van der Waals surface area contributed by atoms with Gasteiger partial charge in [0.25, 0.3) is 0 Å². The number of pyridine rings is 1. The van der Waals surface area contributed by atoms with E-state index in [4.69, 9.17) is 0 Å². The van der Waals surface area contributed by atoms with Crippen molar-refractivity contribution < 1.29 is 4.79 Å². The van der Waals surface area contributed by atoms with E-state index in [-0.39, 0.29) is 5.91 Å². The van der Waals surface area contributed by atoms with Gasteiger partial charge in [-0.3, -0.25) is 9.78 Å². The van der Waals surface area contributed by atoms with Crippen LogP contribution in [0.4, 0.5) is 0 Å². The van der Waals surface area contributed by atoms with Crippen LogP contribution in [0.5, 0.6) is 0 Å². The molecule has 2 rings (SSSR count). The first kappa shape index (κ1) is 10.9. The summed E-state index contributed by atoms with van der Waals surface area (Å²) in [4.78, 5) is 17.9. The maximum atomic E-state index is 11.7.